The molecule has 2 heterocycles. The number of rotatable bonds is 3. The van der Waals surface area contributed by atoms with Crippen LogP contribution in [0.4, 0.5) is 0 Å². The second-order valence-corrected chi connectivity index (χ2v) is 7.07. The summed E-state index contributed by atoms with van der Waals surface area (Å²) in [5.41, 5.74) is 5.81. The van der Waals surface area contributed by atoms with E-state index in [1.807, 2.05) is 13.8 Å². The Balaban J connectivity index is 0.000000541. The van der Waals surface area contributed by atoms with Gasteiger partial charge in [0.25, 0.3) is 5.91 Å². The SMILES string of the molecule is CC.C[N+](=O)[O-].NC(=O)c1[nH]c2ccccc2c1S(=O)(=O)N1CCOCC1. The van der Waals surface area contributed by atoms with Gasteiger partial charge in [0.15, 0.2) is 7.05 Å². The predicted molar refractivity (Wildman–Crippen MR) is 101 cm³/mol. The van der Waals surface area contributed by atoms with Crippen LogP contribution in [0.5, 0.6) is 0 Å². The number of nitrogens with zero attached hydrogens (tertiary/aromatic N) is 2. The first kappa shape index (κ1) is 22.5. The van der Waals surface area contributed by atoms with Crippen LogP contribution in [0.2, 0.25) is 0 Å². The van der Waals surface area contributed by atoms with E-state index in [0.29, 0.717) is 24.1 Å². The number of morpholine rings is 1. The van der Waals surface area contributed by atoms with Crippen molar-refractivity contribution in [1.82, 2.24) is 9.29 Å². The lowest BCUT2D eigenvalue weighted by molar-refractivity contribution is -0.445. The first-order valence-corrected chi connectivity index (χ1v) is 9.75. The fraction of sp³-hybridized carbons (Fsp3) is 0.438. The number of ether oxygens (including phenoxy) is 1. The molecule has 0 aliphatic carbocycles. The van der Waals surface area contributed by atoms with Crippen molar-refractivity contribution in [3.63, 3.8) is 0 Å². The second-order valence-electron chi connectivity index (χ2n) is 5.20. The van der Waals surface area contributed by atoms with E-state index in [0.717, 1.165) is 7.05 Å². The quantitative estimate of drug-likeness (QED) is 0.584. The summed E-state index contributed by atoms with van der Waals surface area (Å²) in [4.78, 5) is 22.7. The van der Waals surface area contributed by atoms with Crippen molar-refractivity contribution < 1.29 is 22.9 Å². The van der Waals surface area contributed by atoms with Gasteiger partial charge in [0, 0.05) is 28.9 Å². The Kier molecular flexibility index (Phi) is 8.34. The van der Waals surface area contributed by atoms with Gasteiger partial charge in [-0.3, -0.25) is 14.9 Å². The number of benzene rings is 1. The largest absolute Gasteiger partial charge is 0.379 e. The molecular formula is C16H24N4O6S. The molecule has 2 aromatic rings. The zero-order valence-corrected chi connectivity index (χ0v) is 16.3. The van der Waals surface area contributed by atoms with Gasteiger partial charge in [-0.1, -0.05) is 32.0 Å². The first-order valence-electron chi connectivity index (χ1n) is 8.31. The lowest BCUT2D eigenvalue weighted by atomic mass is 10.2. The molecule has 11 heteroatoms. The van der Waals surface area contributed by atoms with Crippen LogP contribution in [0.25, 0.3) is 10.9 Å². The summed E-state index contributed by atoms with van der Waals surface area (Å²) in [7, 11) is -2.91. The molecule has 3 N–H and O–H groups in total. The molecule has 1 fully saturated rings. The Morgan fingerprint density at radius 3 is 2.30 bits per heavy atom. The van der Waals surface area contributed by atoms with Gasteiger partial charge in [-0.2, -0.15) is 4.31 Å². The molecule has 1 amide bonds. The van der Waals surface area contributed by atoms with E-state index in [1.54, 1.807) is 24.3 Å². The van der Waals surface area contributed by atoms with Gasteiger partial charge in [0.05, 0.1) is 13.2 Å². The summed E-state index contributed by atoms with van der Waals surface area (Å²) in [5.74, 6) is -0.793. The molecule has 0 saturated carbocycles. The van der Waals surface area contributed by atoms with Crippen LogP contribution in [0.1, 0.15) is 24.3 Å². The predicted octanol–water partition coefficient (Wildman–Crippen LogP) is 1.21. The number of hydrogen-bond donors (Lipinski definition) is 2. The van der Waals surface area contributed by atoms with E-state index in [2.05, 4.69) is 4.98 Å². The average Bonchev–Trinajstić information content (AvgIpc) is 3.04. The number of aromatic amines is 1. The van der Waals surface area contributed by atoms with Crippen molar-refractivity contribution in [2.24, 2.45) is 5.73 Å². The highest BCUT2D eigenvalue weighted by Gasteiger charge is 2.33. The van der Waals surface area contributed by atoms with Crippen molar-refractivity contribution >= 4 is 26.8 Å². The zero-order chi connectivity index (χ0) is 20.6. The lowest BCUT2D eigenvalue weighted by Crippen LogP contribution is -2.41. The number of hydrogen-bond acceptors (Lipinski definition) is 6. The summed E-state index contributed by atoms with van der Waals surface area (Å²) in [6, 6.07) is 6.85. The van der Waals surface area contributed by atoms with E-state index in [4.69, 9.17) is 20.6 Å². The molecule has 150 valence electrons. The van der Waals surface area contributed by atoms with Crippen LogP contribution in [-0.4, -0.2) is 61.9 Å². The fourth-order valence-electron chi connectivity index (χ4n) is 2.47. The molecule has 0 spiro atoms. The van der Waals surface area contributed by atoms with Crippen LogP contribution in [-0.2, 0) is 14.8 Å². The second kappa shape index (κ2) is 10.00. The number of nitro groups is 1. The normalized spacial score (nSPS) is 14.5. The van der Waals surface area contributed by atoms with E-state index in [-0.39, 0.29) is 23.7 Å². The first-order chi connectivity index (χ1) is 12.7. The van der Waals surface area contributed by atoms with Gasteiger partial charge < -0.3 is 15.5 Å². The Hall–Kier alpha value is -2.50. The number of aromatic nitrogens is 1. The molecule has 0 atom stereocenters. The van der Waals surface area contributed by atoms with Crippen LogP contribution >= 0.6 is 0 Å². The van der Waals surface area contributed by atoms with Crippen LogP contribution in [0.15, 0.2) is 29.2 Å². The molecule has 3 rings (SSSR count). The molecule has 10 nitrogen and oxygen atoms in total. The van der Waals surface area contributed by atoms with Gasteiger partial charge >= 0.3 is 0 Å². The minimum absolute atomic E-state index is 0.0486. The van der Waals surface area contributed by atoms with Crippen molar-refractivity contribution in [3.8, 4) is 0 Å². The monoisotopic (exact) mass is 400 g/mol. The van der Waals surface area contributed by atoms with Gasteiger partial charge in [0.1, 0.15) is 10.6 Å². The van der Waals surface area contributed by atoms with Crippen molar-refractivity contribution in [3.05, 3.63) is 40.1 Å². The van der Waals surface area contributed by atoms with Gasteiger partial charge in [-0.05, 0) is 6.07 Å². The molecule has 0 unspecified atom stereocenters. The molecule has 1 saturated heterocycles. The van der Waals surface area contributed by atoms with Gasteiger partial charge in [-0.15, -0.1) is 0 Å². The highest BCUT2D eigenvalue weighted by Crippen LogP contribution is 2.29. The lowest BCUT2D eigenvalue weighted by Gasteiger charge is -2.26. The molecule has 0 radical (unpaired) electrons. The highest BCUT2D eigenvalue weighted by atomic mass is 32.2. The summed E-state index contributed by atoms with van der Waals surface area (Å²) in [5, 5.41) is 9.28. The number of H-pyrrole nitrogens is 1. The van der Waals surface area contributed by atoms with E-state index < -0.39 is 20.9 Å². The fourth-order valence-corrected chi connectivity index (χ4v) is 4.23. The Bertz CT molecular complexity index is 883. The summed E-state index contributed by atoms with van der Waals surface area (Å²) < 4.78 is 32.2. The molecule has 0 bridgehead atoms. The molecule has 1 aliphatic rings. The summed E-state index contributed by atoms with van der Waals surface area (Å²) >= 11 is 0. The summed E-state index contributed by atoms with van der Waals surface area (Å²) in [6.45, 7) is 5.21. The smallest absolute Gasteiger partial charge is 0.266 e. The molecular weight excluding hydrogens is 376 g/mol. The third kappa shape index (κ3) is 5.49. The number of nitrogens with two attached hydrogens (primary N) is 1. The van der Waals surface area contributed by atoms with Gasteiger partial charge in [0.2, 0.25) is 10.0 Å². The minimum Gasteiger partial charge on any atom is -0.379 e. The third-order valence-electron chi connectivity index (χ3n) is 3.47. The number of primary amides is 1. The number of amides is 1. The molecule has 27 heavy (non-hydrogen) atoms. The summed E-state index contributed by atoms with van der Waals surface area (Å²) in [6.07, 6.45) is 0. The number of para-hydroxylation sites is 1. The third-order valence-corrected chi connectivity index (χ3v) is 5.46. The number of fused-ring (bicyclic) bond motifs is 1. The van der Waals surface area contributed by atoms with Gasteiger partial charge in [-0.25, -0.2) is 8.42 Å². The number of sulfonamides is 1. The van der Waals surface area contributed by atoms with Crippen molar-refractivity contribution in [1.29, 1.82) is 0 Å². The number of carbonyl (C=O) groups is 1. The van der Waals surface area contributed by atoms with E-state index >= 15 is 0 Å². The highest BCUT2D eigenvalue weighted by molar-refractivity contribution is 7.89. The maximum atomic E-state index is 12.8. The topological polar surface area (TPSA) is 149 Å². The molecule has 1 aromatic carbocycles. The Morgan fingerprint density at radius 2 is 1.78 bits per heavy atom. The van der Waals surface area contributed by atoms with Crippen molar-refractivity contribution in [2.75, 3.05) is 33.4 Å². The van der Waals surface area contributed by atoms with Crippen LogP contribution in [0, 0.1) is 10.1 Å². The maximum absolute atomic E-state index is 12.8. The minimum atomic E-state index is -3.80. The Morgan fingerprint density at radius 1 is 1.26 bits per heavy atom. The van der Waals surface area contributed by atoms with Crippen LogP contribution in [0.3, 0.4) is 0 Å². The van der Waals surface area contributed by atoms with E-state index in [9.17, 15) is 13.2 Å². The number of nitrogens with one attached hydrogen (secondary N) is 1. The molecule has 1 aliphatic heterocycles. The average molecular weight is 400 g/mol. The number of carbonyl (C=O) groups excluding carboxylic acids is 1. The Labute approximate surface area is 157 Å². The standard InChI is InChI=1S/C13H15N3O4S.C2H6.CH3NO2/c14-13(17)11-12(9-3-1-2-4-10(9)15-11)21(18,19)16-5-7-20-8-6-16;1-2;1-2(3)4/h1-4,15H,5-8H2,(H2,14,17);1-2H3;1H3. The maximum Gasteiger partial charge on any atom is 0.266 e. The molecule has 1 aromatic heterocycles. The van der Waals surface area contributed by atoms with E-state index in [1.165, 1.54) is 4.31 Å². The van der Waals surface area contributed by atoms with Crippen molar-refractivity contribution in [2.45, 2.75) is 18.7 Å². The zero-order valence-electron chi connectivity index (χ0n) is 15.5. The van der Waals surface area contributed by atoms with Crippen LogP contribution < -0.4 is 5.73 Å².